The zero-order chi connectivity index (χ0) is 22.9. The van der Waals surface area contributed by atoms with Gasteiger partial charge in [0.2, 0.25) is 5.89 Å². The molecule has 1 fully saturated rings. The van der Waals surface area contributed by atoms with Gasteiger partial charge >= 0.3 is 0 Å². The highest BCUT2D eigenvalue weighted by Gasteiger charge is 2.26. The predicted molar refractivity (Wildman–Crippen MR) is 119 cm³/mol. The summed E-state index contributed by atoms with van der Waals surface area (Å²) in [4.78, 5) is 16.9. The molecule has 0 saturated carbocycles. The third-order valence-corrected chi connectivity index (χ3v) is 5.88. The van der Waals surface area contributed by atoms with Crippen molar-refractivity contribution in [3.05, 3.63) is 65.1 Å². The first-order valence-corrected chi connectivity index (χ1v) is 10.9. The van der Waals surface area contributed by atoms with Crippen molar-refractivity contribution in [1.29, 1.82) is 0 Å². The van der Waals surface area contributed by atoms with Gasteiger partial charge in [0.05, 0.1) is 12.1 Å². The van der Waals surface area contributed by atoms with Crippen LogP contribution in [-0.4, -0.2) is 57.2 Å². The molecule has 0 unspecified atom stereocenters. The number of aromatic nitrogens is 3. The van der Waals surface area contributed by atoms with Crippen molar-refractivity contribution in [2.24, 2.45) is 0 Å². The molecular formula is C24H25N5O4. The number of benzene rings is 1. The Morgan fingerprint density at radius 2 is 1.73 bits per heavy atom. The zero-order valence-corrected chi connectivity index (χ0v) is 18.9. The molecule has 0 radical (unpaired) electrons. The number of amides is 1. The zero-order valence-electron chi connectivity index (χ0n) is 18.9. The van der Waals surface area contributed by atoms with E-state index in [4.69, 9.17) is 13.4 Å². The minimum atomic E-state index is 0.0143. The molecule has 0 aliphatic carbocycles. The highest BCUT2D eigenvalue weighted by molar-refractivity contribution is 5.95. The van der Waals surface area contributed by atoms with E-state index < -0.39 is 0 Å². The predicted octanol–water partition coefficient (Wildman–Crippen LogP) is 3.87. The van der Waals surface area contributed by atoms with Gasteiger partial charge in [0.25, 0.3) is 11.8 Å². The third-order valence-electron chi connectivity index (χ3n) is 5.88. The lowest BCUT2D eigenvalue weighted by Crippen LogP contribution is -2.48. The molecule has 4 aromatic rings. The Labute approximate surface area is 191 Å². The maximum Gasteiger partial charge on any atom is 0.257 e. The number of piperazine rings is 1. The Morgan fingerprint density at radius 1 is 0.970 bits per heavy atom. The van der Waals surface area contributed by atoms with Gasteiger partial charge in [-0.15, -0.1) is 10.2 Å². The van der Waals surface area contributed by atoms with Gasteiger partial charge in [-0.05, 0) is 26.8 Å². The SMILES string of the molecule is Cc1cc(C(=O)N2CCN(Cc3nnc(-c4c(-c5ccccc5)noc4C)o3)CC2)c(C)o1. The molecule has 0 N–H and O–H groups in total. The quantitative estimate of drug-likeness (QED) is 0.454. The number of aryl methyl sites for hydroxylation is 3. The van der Waals surface area contributed by atoms with E-state index in [0.29, 0.717) is 59.8 Å². The minimum Gasteiger partial charge on any atom is -0.466 e. The van der Waals surface area contributed by atoms with E-state index >= 15 is 0 Å². The first-order chi connectivity index (χ1) is 16.0. The van der Waals surface area contributed by atoms with Gasteiger partial charge in [-0.1, -0.05) is 35.5 Å². The van der Waals surface area contributed by atoms with Gasteiger partial charge in [-0.3, -0.25) is 9.69 Å². The standard InChI is InChI=1S/C24H25N5O4/c1-15-13-19(16(2)31-15)24(30)29-11-9-28(10-12-29)14-20-25-26-23(32-20)21-17(3)33-27-22(21)18-7-5-4-6-8-18/h4-8,13H,9-12,14H2,1-3H3. The van der Waals surface area contributed by atoms with Crippen molar-refractivity contribution in [2.75, 3.05) is 26.2 Å². The van der Waals surface area contributed by atoms with Crippen LogP contribution in [0.15, 0.2) is 49.8 Å². The molecule has 0 atom stereocenters. The number of nitrogens with zero attached hydrogens (tertiary/aromatic N) is 5. The number of hydrogen-bond donors (Lipinski definition) is 0. The van der Waals surface area contributed by atoms with Crippen LogP contribution in [0, 0.1) is 20.8 Å². The van der Waals surface area contributed by atoms with E-state index in [-0.39, 0.29) is 5.91 Å². The second-order valence-electron chi connectivity index (χ2n) is 8.22. The van der Waals surface area contributed by atoms with Crippen LogP contribution >= 0.6 is 0 Å². The molecule has 33 heavy (non-hydrogen) atoms. The lowest BCUT2D eigenvalue weighted by Gasteiger charge is -2.33. The van der Waals surface area contributed by atoms with Crippen molar-refractivity contribution in [1.82, 2.24) is 25.2 Å². The summed E-state index contributed by atoms with van der Waals surface area (Å²) in [6.07, 6.45) is 0. The number of rotatable bonds is 5. The summed E-state index contributed by atoms with van der Waals surface area (Å²) in [6.45, 7) is 8.73. The molecule has 170 valence electrons. The van der Waals surface area contributed by atoms with Gasteiger partial charge in [-0.2, -0.15) is 0 Å². The van der Waals surface area contributed by atoms with Crippen LogP contribution in [0.4, 0.5) is 0 Å². The van der Waals surface area contributed by atoms with Crippen LogP contribution in [0.1, 0.15) is 33.5 Å². The Balaban J connectivity index is 1.25. The summed E-state index contributed by atoms with van der Waals surface area (Å²) in [7, 11) is 0. The van der Waals surface area contributed by atoms with Crippen LogP contribution in [0.3, 0.4) is 0 Å². The van der Waals surface area contributed by atoms with Crippen molar-refractivity contribution in [3.8, 4) is 22.7 Å². The lowest BCUT2D eigenvalue weighted by atomic mass is 10.1. The van der Waals surface area contributed by atoms with Crippen molar-refractivity contribution in [2.45, 2.75) is 27.3 Å². The van der Waals surface area contributed by atoms with Crippen LogP contribution in [0.2, 0.25) is 0 Å². The largest absolute Gasteiger partial charge is 0.466 e. The Morgan fingerprint density at radius 3 is 2.42 bits per heavy atom. The van der Waals surface area contributed by atoms with E-state index in [1.807, 2.05) is 56.0 Å². The van der Waals surface area contributed by atoms with Crippen LogP contribution in [0.25, 0.3) is 22.7 Å². The summed E-state index contributed by atoms with van der Waals surface area (Å²) in [6, 6.07) is 11.6. The normalized spacial score (nSPS) is 14.7. The van der Waals surface area contributed by atoms with Crippen LogP contribution < -0.4 is 0 Å². The van der Waals surface area contributed by atoms with E-state index in [1.165, 1.54) is 0 Å². The molecule has 1 amide bonds. The minimum absolute atomic E-state index is 0.0143. The summed E-state index contributed by atoms with van der Waals surface area (Å²) in [5.41, 5.74) is 2.95. The average Bonchev–Trinajstić information content (AvgIpc) is 3.52. The van der Waals surface area contributed by atoms with Gasteiger partial charge in [0, 0.05) is 31.7 Å². The van der Waals surface area contributed by atoms with Crippen molar-refractivity contribution in [3.63, 3.8) is 0 Å². The first-order valence-electron chi connectivity index (χ1n) is 10.9. The summed E-state index contributed by atoms with van der Waals surface area (Å²) in [5.74, 6) is 2.96. The monoisotopic (exact) mass is 447 g/mol. The Hall–Kier alpha value is -3.72. The number of carbonyl (C=O) groups is 1. The first kappa shape index (κ1) is 21.1. The number of carbonyl (C=O) groups excluding carboxylic acids is 1. The molecule has 1 saturated heterocycles. The third kappa shape index (κ3) is 4.19. The van der Waals surface area contributed by atoms with E-state index in [1.54, 1.807) is 6.07 Å². The fourth-order valence-corrected chi connectivity index (χ4v) is 4.15. The maximum atomic E-state index is 12.8. The lowest BCUT2D eigenvalue weighted by molar-refractivity contribution is 0.0616. The Kier molecular flexibility index (Phi) is 5.55. The molecule has 1 aliphatic rings. The van der Waals surface area contributed by atoms with E-state index in [2.05, 4.69) is 20.3 Å². The highest BCUT2D eigenvalue weighted by Crippen LogP contribution is 2.33. The van der Waals surface area contributed by atoms with Gasteiger partial charge < -0.3 is 18.3 Å². The maximum absolute atomic E-state index is 12.8. The molecule has 1 aliphatic heterocycles. The highest BCUT2D eigenvalue weighted by atomic mass is 16.5. The summed E-state index contributed by atoms with van der Waals surface area (Å²) >= 11 is 0. The molecule has 0 bridgehead atoms. The summed E-state index contributed by atoms with van der Waals surface area (Å²) < 4.78 is 16.9. The number of furan rings is 1. The topological polar surface area (TPSA) is 102 Å². The Bertz CT molecular complexity index is 1270. The van der Waals surface area contributed by atoms with E-state index in [9.17, 15) is 4.79 Å². The van der Waals surface area contributed by atoms with Gasteiger partial charge in [0.1, 0.15) is 28.5 Å². The van der Waals surface area contributed by atoms with Crippen molar-refractivity contribution < 1.29 is 18.2 Å². The number of hydrogen-bond acceptors (Lipinski definition) is 8. The molecule has 9 heteroatoms. The smallest absolute Gasteiger partial charge is 0.257 e. The fraction of sp³-hybridized carbons (Fsp3) is 0.333. The van der Waals surface area contributed by atoms with Gasteiger partial charge in [-0.25, -0.2) is 0 Å². The molecule has 1 aromatic carbocycles. The van der Waals surface area contributed by atoms with E-state index in [0.717, 1.165) is 24.4 Å². The van der Waals surface area contributed by atoms with Gasteiger partial charge in [0.15, 0.2) is 0 Å². The molecule has 4 heterocycles. The molecule has 5 rings (SSSR count). The fourth-order valence-electron chi connectivity index (χ4n) is 4.15. The van der Waals surface area contributed by atoms with Crippen LogP contribution in [0.5, 0.6) is 0 Å². The molecule has 0 spiro atoms. The average molecular weight is 447 g/mol. The van der Waals surface area contributed by atoms with Crippen molar-refractivity contribution >= 4 is 5.91 Å². The second kappa shape index (κ2) is 8.67. The second-order valence-corrected chi connectivity index (χ2v) is 8.22. The van der Waals surface area contributed by atoms with Crippen LogP contribution in [-0.2, 0) is 6.54 Å². The molecule has 9 nitrogen and oxygen atoms in total. The molecule has 3 aromatic heterocycles. The summed E-state index contributed by atoms with van der Waals surface area (Å²) in [5, 5.41) is 12.7. The molecular weight excluding hydrogens is 422 g/mol.